The van der Waals surface area contributed by atoms with Crippen molar-refractivity contribution in [2.45, 2.75) is 27.7 Å². The molecule has 1 amide bonds. The molecule has 0 aliphatic rings. The van der Waals surface area contributed by atoms with Gasteiger partial charge in [0.1, 0.15) is 0 Å². The number of benzene rings is 2. The molecule has 2 aromatic rings. The molecule has 0 bridgehead atoms. The van der Waals surface area contributed by atoms with Crippen LogP contribution in [0.4, 0.5) is 11.4 Å². The number of carbonyl (C=O) groups is 1. The quantitative estimate of drug-likeness (QED) is 0.756. The van der Waals surface area contributed by atoms with Gasteiger partial charge in [-0.05, 0) is 51.5 Å². The Morgan fingerprint density at radius 1 is 0.960 bits per heavy atom. The largest absolute Gasteiger partial charge is 0.490 e. The summed E-state index contributed by atoms with van der Waals surface area (Å²) in [5.74, 6) is 1.19. The molecule has 0 unspecified atom stereocenters. The molecule has 0 heterocycles. The fraction of sp³-hybridized carbons (Fsp3) is 0.350. The van der Waals surface area contributed by atoms with Crippen LogP contribution >= 0.6 is 0 Å². The molecule has 0 aliphatic heterocycles. The molecule has 2 aromatic carbocycles. The van der Waals surface area contributed by atoms with Crippen LogP contribution in [-0.2, 0) is 4.79 Å². The molecule has 134 valence electrons. The zero-order valence-electron chi connectivity index (χ0n) is 15.3. The predicted octanol–water partition coefficient (Wildman–Crippen LogP) is 4.15. The van der Waals surface area contributed by atoms with Gasteiger partial charge < -0.3 is 20.1 Å². The first-order valence-corrected chi connectivity index (χ1v) is 8.54. The minimum atomic E-state index is -0.119. The van der Waals surface area contributed by atoms with Crippen molar-refractivity contribution in [3.8, 4) is 11.5 Å². The van der Waals surface area contributed by atoms with Gasteiger partial charge >= 0.3 is 0 Å². The molecular formula is C20H26N2O3. The maximum atomic E-state index is 12.2. The Morgan fingerprint density at radius 3 is 2.36 bits per heavy atom. The zero-order valence-corrected chi connectivity index (χ0v) is 15.3. The monoisotopic (exact) mass is 342 g/mol. The molecule has 0 spiro atoms. The van der Waals surface area contributed by atoms with Crippen LogP contribution in [0.25, 0.3) is 0 Å². The number of aryl methyl sites for hydroxylation is 2. The number of amides is 1. The third kappa shape index (κ3) is 5.41. The lowest BCUT2D eigenvalue weighted by Crippen LogP contribution is -2.22. The van der Waals surface area contributed by atoms with Gasteiger partial charge in [0, 0.05) is 17.4 Å². The molecule has 5 nitrogen and oxygen atoms in total. The fourth-order valence-electron chi connectivity index (χ4n) is 2.52. The number of hydrogen-bond acceptors (Lipinski definition) is 4. The summed E-state index contributed by atoms with van der Waals surface area (Å²) in [5, 5.41) is 6.04. The smallest absolute Gasteiger partial charge is 0.243 e. The molecule has 2 rings (SSSR count). The van der Waals surface area contributed by atoms with Gasteiger partial charge in [-0.2, -0.15) is 0 Å². The molecule has 0 aromatic heterocycles. The van der Waals surface area contributed by atoms with E-state index < -0.39 is 0 Å². The Balaban J connectivity index is 1.98. The van der Waals surface area contributed by atoms with Gasteiger partial charge in [-0.1, -0.05) is 17.7 Å². The predicted molar refractivity (Wildman–Crippen MR) is 102 cm³/mol. The highest BCUT2D eigenvalue weighted by Gasteiger charge is 2.09. The van der Waals surface area contributed by atoms with Crippen LogP contribution in [0, 0.1) is 13.8 Å². The number of hydrogen-bond donors (Lipinski definition) is 2. The van der Waals surface area contributed by atoms with E-state index in [4.69, 9.17) is 9.47 Å². The molecule has 5 heteroatoms. The Bertz CT molecular complexity index is 729. The lowest BCUT2D eigenvalue weighted by molar-refractivity contribution is -0.114. The molecule has 2 N–H and O–H groups in total. The van der Waals surface area contributed by atoms with Gasteiger partial charge in [0.2, 0.25) is 5.91 Å². The highest BCUT2D eigenvalue weighted by Crippen LogP contribution is 2.30. The van der Waals surface area contributed by atoms with E-state index in [1.807, 2.05) is 52.0 Å². The number of anilines is 2. The molecule has 0 saturated heterocycles. The second-order valence-corrected chi connectivity index (χ2v) is 5.75. The van der Waals surface area contributed by atoms with E-state index in [9.17, 15) is 4.79 Å². The number of carbonyl (C=O) groups excluding carboxylic acids is 1. The van der Waals surface area contributed by atoms with Crippen molar-refractivity contribution in [2.24, 2.45) is 0 Å². The van der Waals surface area contributed by atoms with E-state index in [1.54, 1.807) is 6.07 Å². The van der Waals surface area contributed by atoms with Crippen molar-refractivity contribution in [1.29, 1.82) is 0 Å². The molecule has 0 saturated carbocycles. The summed E-state index contributed by atoms with van der Waals surface area (Å²) in [5.41, 5.74) is 3.96. The van der Waals surface area contributed by atoms with Crippen LogP contribution < -0.4 is 20.1 Å². The van der Waals surface area contributed by atoms with E-state index in [-0.39, 0.29) is 12.5 Å². The number of ether oxygens (including phenoxy) is 2. The Hall–Kier alpha value is -2.69. The first-order chi connectivity index (χ1) is 12.0. The van der Waals surface area contributed by atoms with Crippen LogP contribution in [-0.4, -0.2) is 25.7 Å². The second kappa shape index (κ2) is 8.97. The van der Waals surface area contributed by atoms with E-state index in [2.05, 4.69) is 16.7 Å². The van der Waals surface area contributed by atoms with E-state index >= 15 is 0 Å². The SMILES string of the molecule is CCOc1ccc(NC(=O)CNc2ccc(C)cc2C)cc1OCC. The number of rotatable bonds is 8. The van der Waals surface area contributed by atoms with Crippen molar-refractivity contribution in [1.82, 2.24) is 0 Å². The highest BCUT2D eigenvalue weighted by molar-refractivity contribution is 5.94. The minimum absolute atomic E-state index is 0.119. The highest BCUT2D eigenvalue weighted by atomic mass is 16.5. The lowest BCUT2D eigenvalue weighted by Gasteiger charge is -2.14. The zero-order chi connectivity index (χ0) is 18.2. The van der Waals surface area contributed by atoms with E-state index in [0.29, 0.717) is 30.4 Å². The first kappa shape index (κ1) is 18.6. The van der Waals surface area contributed by atoms with Gasteiger partial charge in [-0.25, -0.2) is 0 Å². The van der Waals surface area contributed by atoms with Gasteiger partial charge in [0.15, 0.2) is 11.5 Å². The van der Waals surface area contributed by atoms with Crippen molar-refractivity contribution in [3.63, 3.8) is 0 Å². The minimum Gasteiger partial charge on any atom is -0.490 e. The van der Waals surface area contributed by atoms with Crippen molar-refractivity contribution in [3.05, 3.63) is 47.5 Å². The summed E-state index contributed by atoms with van der Waals surface area (Å²) in [6, 6.07) is 11.5. The summed E-state index contributed by atoms with van der Waals surface area (Å²) in [7, 11) is 0. The topological polar surface area (TPSA) is 59.6 Å². The Morgan fingerprint density at radius 2 is 1.68 bits per heavy atom. The maximum Gasteiger partial charge on any atom is 0.243 e. The van der Waals surface area contributed by atoms with Crippen LogP contribution in [0.1, 0.15) is 25.0 Å². The van der Waals surface area contributed by atoms with Crippen molar-refractivity contribution in [2.75, 3.05) is 30.4 Å². The number of nitrogens with one attached hydrogen (secondary N) is 2. The normalized spacial score (nSPS) is 10.2. The van der Waals surface area contributed by atoms with Gasteiger partial charge in [-0.15, -0.1) is 0 Å². The lowest BCUT2D eigenvalue weighted by atomic mass is 10.1. The van der Waals surface area contributed by atoms with Gasteiger partial charge in [0.05, 0.1) is 19.8 Å². The van der Waals surface area contributed by atoms with Crippen molar-refractivity contribution < 1.29 is 14.3 Å². The summed E-state index contributed by atoms with van der Waals surface area (Å²) in [6.07, 6.45) is 0. The van der Waals surface area contributed by atoms with Crippen LogP contribution in [0.15, 0.2) is 36.4 Å². The third-order valence-electron chi connectivity index (χ3n) is 3.65. The van der Waals surface area contributed by atoms with Gasteiger partial charge in [0.25, 0.3) is 0 Å². The second-order valence-electron chi connectivity index (χ2n) is 5.75. The fourth-order valence-corrected chi connectivity index (χ4v) is 2.52. The molecular weight excluding hydrogens is 316 g/mol. The Kier molecular flexibility index (Phi) is 6.69. The van der Waals surface area contributed by atoms with E-state index in [0.717, 1.165) is 11.3 Å². The maximum absolute atomic E-state index is 12.2. The average molecular weight is 342 g/mol. The first-order valence-electron chi connectivity index (χ1n) is 8.54. The summed E-state index contributed by atoms with van der Waals surface area (Å²) >= 11 is 0. The summed E-state index contributed by atoms with van der Waals surface area (Å²) in [4.78, 5) is 12.2. The molecule has 0 atom stereocenters. The van der Waals surface area contributed by atoms with E-state index in [1.165, 1.54) is 5.56 Å². The standard InChI is InChI=1S/C20H26N2O3/c1-5-24-18-10-8-16(12-19(18)25-6-2)22-20(23)13-21-17-9-7-14(3)11-15(17)4/h7-12,21H,5-6,13H2,1-4H3,(H,22,23). The summed E-state index contributed by atoms with van der Waals surface area (Å²) < 4.78 is 11.1. The third-order valence-corrected chi connectivity index (χ3v) is 3.65. The average Bonchev–Trinajstić information content (AvgIpc) is 2.57. The molecule has 0 radical (unpaired) electrons. The molecule has 0 fully saturated rings. The molecule has 0 aliphatic carbocycles. The Labute approximate surface area is 149 Å². The van der Waals surface area contributed by atoms with Crippen LogP contribution in [0.3, 0.4) is 0 Å². The molecule has 25 heavy (non-hydrogen) atoms. The van der Waals surface area contributed by atoms with Gasteiger partial charge in [-0.3, -0.25) is 4.79 Å². The summed E-state index contributed by atoms with van der Waals surface area (Å²) in [6.45, 7) is 9.19. The van der Waals surface area contributed by atoms with Crippen LogP contribution in [0.2, 0.25) is 0 Å². The van der Waals surface area contributed by atoms with Crippen LogP contribution in [0.5, 0.6) is 11.5 Å². The van der Waals surface area contributed by atoms with Crippen molar-refractivity contribution >= 4 is 17.3 Å².